The molecule has 0 spiro atoms. The summed E-state index contributed by atoms with van der Waals surface area (Å²) < 4.78 is 32.0. The Morgan fingerprint density at radius 2 is 1.83 bits per heavy atom. The predicted molar refractivity (Wildman–Crippen MR) is 94.7 cm³/mol. The fraction of sp³-hybridized carbons (Fsp3) is 0.579. The molecule has 2 aliphatic rings. The lowest BCUT2D eigenvalue weighted by atomic mass is 9.78. The molecule has 0 radical (unpaired) electrons. The molecule has 1 aromatic rings. The molecule has 0 bridgehead atoms. The van der Waals surface area contributed by atoms with Gasteiger partial charge in [0.15, 0.2) is 11.6 Å². The molecule has 2 aliphatic heterocycles. The molecule has 3 nitrogen and oxygen atoms in total. The molecule has 1 saturated heterocycles. The van der Waals surface area contributed by atoms with Gasteiger partial charge in [-0.2, -0.15) is 0 Å². The Morgan fingerprint density at radius 1 is 1.21 bits per heavy atom. The molecule has 0 aromatic heterocycles. The van der Waals surface area contributed by atoms with E-state index >= 15 is 0 Å². The zero-order valence-corrected chi connectivity index (χ0v) is 15.5. The highest BCUT2D eigenvalue weighted by molar-refractivity contribution is 6.55. The van der Waals surface area contributed by atoms with Gasteiger partial charge >= 0.3 is 7.12 Å². The van der Waals surface area contributed by atoms with Gasteiger partial charge in [0.1, 0.15) is 0 Å². The third-order valence-corrected chi connectivity index (χ3v) is 5.48. The van der Waals surface area contributed by atoms with E-state index < -0.39 is 7.12 Å². The Kier molecular flexibility index (Phi) is 4.29. The zero-order chi connectivity index (χ0) is 17.7. The first-order chi connectivity index (χ1) is 11.1. The van der Waals surface area contributed by atoms with Gasteiger partial charge in [0.2, 0.25) is 0 Å². The van der Waals surface area contributed by atoms with Gasteiger partial charge in [-0.3, -0.25) is 0 Å². The Hall–Kier alpha value is -1.33. The normalized spacial score (nSPS) is 22.3. The molecule has 0 atom stereocenters. The van der Waals surface area contributed by atoms with Crippen molar-refractivity contribution in [3.05, 3.63) is 34.0 Å². The molecule has 1 fully saturated rings. The number of ether oxygens (including phenoxy) is 1. The monoisotopic (exact) mass is 332 g/mol. The van der Waals surface area contributed by atoms with Crippen molar-refractivity contribution in [3.63, 3.8) is 0 Å². The van der Waals surface area contributed by atoms with Crippen LogP contribution in [0.1, 0.15) is 57.7 Å². The predicted octanol–water partition coefficient (Wildman–Crippen LogP) is 4.49. The van der Waals surface area contributed by atoms with Crippen molar-refractivity contribution in [2.45, 2.75) is 65.6 Å². The van der Waals surface area contributed by atoms with Crippen molar-refractivity contribution in [2.24, 2.45) is 0 Å². The highest BCUT2D eigenvalue weighted by atomic mass is 19.1. The Balaban J connectivity index is 1.93. The summed E-state index contributed by atoms with van der Waals surface area (Å²) >= 11 is 0. The minimum absolute atomic E-state index is 0.289. The van der Waals surface area contributed by atoms with Crippen LogP contribution in [0.25, 0.3) is 6.08 Å². The maximum absolute atomic E-state index is 14.4. The van der Waals surface area contributed by atoms with Crippen molar-refractivity contribution < 1.29 is 18.4 Å². The minimum atomic E-state index is -0.412. The maximum Gasteiger partial charge on any atom is 0.490 e. The zero-order valence-electron chi connectivity index (χ0n) is 15.5. The molecule has 2 heterocycles. The molecule has 3 rings (SSSR count). The summed E-state index contributed by atoms with van der Waals surface area (Å²) in [7, 11) is -0.412. The van der Waals surface area contributed by atoms with Gasteiger partial charge in [-0.05, 0) is 77.0 Å². The molecule has 0 saturated carbocycles. The first-order valence-electron chi connectivity index (χ1n) is 8.61. The second-order valence-electron chi connectivity index (χ2n) is 7.81. The number of allylic oxidation sites excluding steroid dienone is 1. The number of rotatable bonds is 2. The fourth-order valence-corrected chi connectivity index (χ4v) is 3.17. The van der Waals surface area contributed by atoms with Crippen molar-refractivity contribution in [1.29, 1.82) is 0 Å². The van der Waals surface area contributed by atoms with Gasteiger partial charge in [0.05, 0.1) is 17.8 Å². The lowest BCUT2D eigenvalue weighted by molar-refractivity contribution is 0.00578. The lowest BCUT2D eigenvalue weighted by Gasteiger charge is -2.32. The van der Waals surface area contributed by atoms with E-state index in [1.165, 1.54) is 0 Å². The van der Waals surface area contributed by atoms with E-state index in [4.69, 9.17) is 14.0 Å². The molecular weight excluding hydrogens is 306 g/mol. The van der Waals surface area contributed by atoms with E-state index in [0.29, 0.717) is 12.4 Å². The highest BCUT2D eigenvalue weighted by Crippen LogP contribution is 2.39. The molecule has 0 unspecified atom stereocenters. The fourth-order valence-electron chi connectivity index (χ4n) is 3.17. The summed E-state index contributed by atoms with van der Waals surface area (Å²) in [6, 6.07) is 1.55. The molecule has 0 N–H and O–H groups in total. The van der Waals surface area contributed by atoms with Crippen molar-refractivity contribution in [2.75, 3.05) is 6.61 Å². The van der Waals surface area contributed by atoms with E-state index in [1.807, 2.05) is 47.6 Å². The number of hydrogen-bond acceptors (Lipinski definition) is 3. The molecule has 1 aromatic carbocycles. The van der Waals surface area contributed by atoms with Crippen molar-refractivity contribution in [3.8, 4) is 5.75 Å². The van der Waals surface area contributed by atoms with Crippen LogP contribution in [0.2, 0.25) is 0 Å². The van der Waals surface area contributed by atoms with Gasteiger partial charge in [-0.15, -0.1) is 0 Å². The second kappa shape index (κ2) is 5.89. The summed E-state index contributed by atoms with van der Waals surface area (Å²) in [5.74, 6) is 0.132. The van der Waals surface area contributed by atoms with Crippen LogP contribution >= 0.6 is 0 Å². The minimum Gasteiger partial charge on any atom is -0.490 e. The van der Waals surface area contributed by atoms with Crippen LogP contribution < -0.4 is 4.74 Å². The van der Waals surface area contributed by atoms with Crippen LogP contribution in [0.3, 0.4) is 0 Å². The molecule has 0 aliphatic carbocycles. The highest BCUT2D eigenvalue weighted by Gasteiger charge is 2.51. The van der Waals surface area contributed by atoms with E-state index in [2.05, 4.69) is 0 Å². The van der Waals surface area contributed by atoms with Crippen LogP contribution in [0.5, 0.6) is 5.75 Å². The van der Waals surface area contributed by atoms with Crippen LogP contribution in [-0.4, -0.2) is 24.9 Å². The molecule has 24 heavy (non-hydrogen) atoms. The summed E-state index contributed by atoms with van der Waals surface area (Å²) in [5.41, 5.74) is 3.10. The third-order valence-electron chi connectivity index (χ3n) is 5.48. The van der Waals surface area contributed by atoms with Gasteiger partial charge in [0.25, 0.3) is 0 Å². The van der Waals surface area contributed by atoms with Crippen molar-refractivity contribution >= 4 is 13.2 Å². The van der Waals surface area contributed by atoms with E-state index in [1.54, 1.807) is 6.07 Å². The van der Waals surface area contributed by atoms with Crippen LogP contribution in [0, 0.1) is 12.7 Å². The summed E-state index contributed by atoms with van der Waals surface area (Å²) in [6.45, 7) is 12.7. The topological polar surface area (TPSA) is 27.7 Å². The summed E-state index contributed by atoms with van der Waals surface area (Å²) in [4.78, 5) is 0. The molecule has 130 valence electrons. The number of halogens is 1. The van der Waals surface area contributed by atoms with Gasteiger partial charge in [0, 0.05) is 5.56 Å². The SMILES string of the molecule is C/C(=C\c1cc(F)c2c(c1C)CCCO2)B1OC(C)(C)C(C)(C)O1. The average molecular weight is 332 g/mol. The molecular formula is C19H26BFO3. The summed E-state index contributed by atoms with van der Waals surface area (Å²) in [6.07, 6.45) is 3.75. The first-order valence-corrected chi connectivity index (χ1v) is 8.61. The number of hydrogen-bond donors (Lipinski definition) is 0. The number of fused-ring (bicyclic) bond motifs is 1. The largest absolute Gasteiger partial charge is 0.490 e. The Bertz CT molecular complexity index is 678. The quantitative estimate of drug-likeness (QED) is 0.747. The number of benzene rings is 1. The van der Waals surface area contributed by atoms with Gasteiger partial charge < -0.3 is 14.0 Å². The smallest absolute Gasteiger partial charge is 0.490 e. The lowest BCUT2D eigenvalue weighted by Crippen LogP contribution is -2.41. The van der Waals surface area contributed by atoms with Gasteiger partial charge in [-0.25, -0.2) is 4.39 Å². The third kappa shape index (κ3) is 2.88. The van der Waals surface area contributed by atoms with E-state index in [0.717, 1.165) is 35.0 Å². The van der Waals surface area contributed by atoms with Crippen LogP contribution in [0.15, 0.2) is 11.5 Å². The van der Waals surface area contributed by atoms with Crippen LogP contribution in [-0.2, 0) is 15.7 Å². The van der Waals surface area contributed by atoms with Crippen LogP contribution in [0.4, 0.5) is 4.39 Å². The standard InChI is InChI=1S/C19H26BFO3/c1-12(20-23-18(3,4)19(5,6)24-20)10-14-11-16(21)17-15(13(14)2)8-7-9-22-17/h10-11H,7-9H2,1-6H3/b12-10+. The van der Waals surface area contributed by atoms with Crippen molar-refractivity contribution in [1.82, 2.24) is 0 Å². The molecule has 5 heteroatoms. The first kappa shape index (κ1) is 17.5. The van der Waals surface area contributed by atoms with E-state index in [-0.39, 0.29) is 17.0 Å². The Labute approximate surface area is 144 Å². The Morgan fingerprint density at radius 3 is 2.46 bits per heavy atom. The van der Waals surface area contributed by atoms with Gasteiger partial charge in [-0.1, -0.05) is 6.08 Å². The second-order valence-corrected chi connectivity index (χ2v) is 7.81. The summed E-state index contributed by atoms with van der Waals surface area (Å²) in [5, 5.41) is 0. The molecule has 0 amide bonds. The average Bonchev–Trinajstić information content (AvgIpc) is 2.73. The van der Waals surface area contributed by atoms with E-state index in [9.17, 15) is 4.39 Å². The maximum atomic E-state index is 14.4.